The van der Waals surface area contributed by atoms with Crippen molar-refractivity contribution in [2.75, 3.05) is 18.5 Å². The lowest BCUT2D eigenvalue weighted by Gasteiger charge is -2.10. The van der Waals surface area contributed by atoms with Gasteiger partial charge in [0, 0.05) is 25.0 Å². The molecule has 0 aliphatic heterocycles. The topological polar surface area (TPSA) is 59.1 Å². The van der Waals surface area contributed by atoms with Crippen LogP contribution in [0.3, 0.4) is 0 Å². The standard InChI is InChI=1S/C12H20N4OS/c1-9(2)17-8-4-6-14-12(18)16-11-13-7-5-10(3)15-11/h5,7,9H,4,6,8H2,1-3H3,(H2,13,14,15,16,18). The van der Waals surface area contributed by atoms with Crippen molar-refractivity contribution in [2.45, 2.75) is 33.3 Å². The van der Waals surface area contributed by atoms with Gasteiger partial charge in [0.15, 0.2) is 5.11 Å². The number of ether oxygens (including phenoxy) is 1. The van der Waals surface area contributed by atoms with Crippen LogP contribution in [0.1, 0.15) is 26.0 Å². The Balaban J connectivity index is 2.18. The summed E-state index contributed by atoms with van der Waals surface area (Å²) in [6, 6.07) is 1.84. The Morgan fingerprint density at radius 3 is 2.94 bits per heavy atom. The third kappa shape index (κ3) is 6.46. The highest BCUT2D eigenvalue weighted by Crippen LogP contribution is 1.98. The summed E-state index contributed by atoms with van der Waals surface area (Å²) < 4.78 is 5.43. The molecule has 1 heterocycles. The molecule has 0 aliphatic rings. The summed E-state index contributed by atoms with van der Waals surface area (Å²) in [6.07, 6.45) is 2.88. The van der Waals surface area contributed by atoms with Gasteiger partial charge in [-0.1, -0.05) is 0 Å². The third-order valence-corrected chi connectivity index (χ3v) is 2.32. The predicted molar refractivity (Wildman–Crippen MR) is 76.7 cm³/mol. The lowest BCUT2D eigenvalue weighted by atomic mass is 10.4. The van der Waals surface area contributed by atoms with Crippen LogP contribution in [0.4, 0.5) is 5.95 Å². The highest BCUT2D eigenvalue weighted by molar-refractivity contribution is 7.80. The number of hydrogen-bond donors (Lipinski definition) is 2. The van der Waals surface area contributed by atoms with Gasteiger partial charge in [0.25, 0.3) is 0 Å². The third-order valence-electron chi connectivity index (χ3n) is 2.08. The second kappa shape index (κ2) is 7.94. The Morgan fingerprint density at radius 2 is 2.28 bits per heavy atom. The molecule has 0 fully saturated rings. The summed E-state index contributed by atoms with van der Waals surface area (Å²) in [5.74, 6) is 0.519. The Bertz CT molecular complexity index is 384. The first-order chi connectivity index (χ1) is 8.58. The SMILES string of the molecule is Cc1ccnc(NC(=S)NCCCOC(C)C)n1. The molecule has 0 unspecified atom stereocenters. The average molecular weight is 268 g/mol. The second-order valence-corrected chi connectivity index (χ2v) is 4.58. The molecule has 18 heavy (non-hydrogen) atoms. The molecule has 0 saturated heterocycles. The molecule has 0 spiro atoms. The first kappa shape index (κ1) is 14.8. The van der Waals surface area contributed by atoms with E-state index in [1.807, 2.05) is 26.8 Å². The maximum atomic E-state index is 5.43. The van der Waals surface area contributed by atoms with Gasteiger partial charge in [-0.05, 0) is 45.5 Å². The highest BCUT2D eigenvalue weighted by atomic mass is 32.1. The van der Waals surface area contributed by atoms with E-state index in [0.29, 0.717) is 11.1 Å². The fourth-order valence-corrected chi connectivity index (χ4v) is 1.44. The Kier molecular flexibility index (Phi) is 6.53. The normalized spacial score (nSPS) is 10.4. The maximum absolute atomic E-state index is 5.43. The van der Waals surface area contributed by atoms with Crippen molar-refractivity contribution in [3.63, 3.8) is 0 Å². The first-order valence-corrected chi connectivity index (χ1v) is 6.45. The van der Waals surface area contributed by atoms with E-state index in [0.717, 1.165) is 25.3 Å². The van der Waals surface area contributed by atoms with Crippen LogP contribution in [0.2, 0.25) is 0 Å². The summed E-state index contributed by atoms with van der Waals surface area (Å²) in [7, 11) is 0. The molecule has 0 bridgehead atoms. The summed E-state index contributed by atoms with van der Waals surface area (Å²) in [4.78, 5) is 8.28. The van der Waals surface area contributed by atoms with Crippen LogP contribution in [-0.4, -0.2) is 34.3 Å². The molecule has 1 aromatic heterocycles. The zero-order valence-corrected chi connectivity index (χ0v) is 11.9. The van der Waals surface area contributed by atoms with Gasteiger partial charge in [-0.2, -0.15) is 0 Å². The van der Waals surface area contributed by atoms with Crippen molar-refractivity contribution >= 4 is 23.3 Å². The molecule has 5 nitrogen and oxygen atoms in total. The van der Waals surface area contributed by atoms with Crippen LogP contribution in [0.5, 0.6) is 0 Å². The summed E-state index contributed by atoms with van der Waals surface area (Å²) in [5.41, 5.74) is 0.903. The zero-order chi connectivity index (χ0) is 13.4. The van der Waals surface area contributed by atoms with Gasteiger partial charge in [0.05, 0.1) is 6.10 Å². The first-order valence-electron chi connectivity index (χ1n) is 6.04. The fraction of sp³-hybridized carbons (Fsp3) is 0.583. The van der Waals surface area contributed by atoms with Crippen molar-refractivity contribution in [1.82, 2.24) is 15.3 Å². The molecule has 0 aromatic carbocycles. The van der Waals surface area contributed by atoms with Crippen LogP contribution in [0.25, 0.3) is 0 Å². The van der Waals surface area contributed by atoms with Gasteiger partial charge in [0.2, 0.25) is 5.95 Å². The van der Waals surface area contributed by atoms with E-state index in [9.17, 15) is 0 Å². The van der Waals surface area contributed by atoms with Crippen LogP contribution < -0.4 is 10.6 Å². The molecule has 0 amide bonds. The van der Waals surface area contributed by atoms with Crippen molar-refractivity contribution < 1.29 is 4.74 Å². The van der Waals surface area contributed by atoms with Crippen LogP contribution in [-0.2, 0) is 4.74 Å². The number of nitrogens with zero attached hydrogens (tertiary/aromatic N) is 2. The van der Waals surface area contributed by atoms with E-state index in [4.69, 9.17) is 17.0 Å². The quantitative estimate of drug-likeness (QED) is 0.607. The van der Waals surface area contributed by atoms with Crippen LogP contribution in [0.15, 0.2) is 12.3 Å². The summed E-state index contributed by atoms with van der Waals surface area (Å²) in [5, 5.41) is 6.56. The number of aromatic nitrogens is 2. The van der Waals surface area contributed by atoms with Gasteiger partial charge >= 0.3 is 0 Å². The minimum atomic E-state index is 0.274. The van der Waals surface area contributed by atoms with Crippen molar-refractivity contribution in [2.24, 2.45) is 0 Å². The molecule has 1 rings (SSSR count). The van der Waals surface area contributed by atoms with Gasteiger partial charge in [-0.15, -0.1) is 0 Å². The number of aryl methyl sites for hydroxylation is 1. The minimum Gasteiger partial charge on any atom is -0.379 e. The highest BCUT2D eigenvalue weighted by Gasteiger charge is 2.00. The Hall–Kier alpha value is -1.27. The van der Waals surface area contributed by atoms with E-state index in [1.165, 1.54) is 0 Å². The number of thiocarbonyl (C=S) groups is 1. The molecule has 0 aliphatic carbocycles. The fourth-order valence-electron chi connectivity index (χ4n) is 1.25. The van der Waals surface area contributed by atoms with Crippen molar-refractivity contribution in [1.29, 1.82) is 0 Å². The summed E-state index contributed by atoms with van der Waals surface area (Å²) in [6.45, 7) is 7.45. The lowest BCUT2D eigenvalue weighted by molar-refractivity contribution is 0.0777. The van der Waals surface area contributed by atoms with Crippen LogP contribution in [0, 0.1) is 6.92 Å². The second-order valence-electron chi connectivity index (χ2n) is 4.18. The largest absolute Gasteiger partial charge is 0.379 e. The van der Waals surface area contributed by atoms with E-state index in [2.05, 4.69) is 20.6 Å². The zero-order valence-electron chi connectivity index (χ0n) is 11.1. The molecule has 2 N–H and O–H groups in total. The molecule has 100 valence electrons. The van der Waals surface area contributed by atoms with Gasteiger partial charge in [0.1, 0.15) is 0 Å². The maximum Gasteiger partial charge on any atom is 0.229 e. The van der Waals surface area contributed by atoms with E-state index < -0.39 is 0 Å². The molecular weight excluding hydrogens is 248 g/mol. The van der Waals surface area contributed by atoms with E-state index in [1.54, 1.807) is 6.20 Å². The van der Waals surface area contributed by atoms with Gasteiger partial charge in [-0.3, -0.25) is 0 Å². The molecule has 0 radical (unpaired) electrons. The molecule has 6 heteroatoms. The monoisotopic (exact) mass is 268 g/mol. The smallest absolute Gasteiger partial charge is 0.229 e. The Morgan fingerprint density at radius 1 is 1.50 bits per heavy atom. The lowest BCUT2D eigenvalue weighted by Crippen LogP contribution is -2.30. The van der Waals surface area contributed by atoms with Crippen molar-refractivity contribution in [3.8, 4) is 0 Å². The Labute approximate surface area is 113 Å². The van der Waals surface area contributed by atoms with Gasteiger partial charge in [-0.25, -0.2) is 9.97 Å². The number of anilines is 1. The molecule has 0 saturated carbocycles. The van der Waals surface area contributed by atoms with E-state index >= 15 is 0 Å². The number of hydrogen-bond acceptors (Lipinski definition) is 4. The minimum absolute atomic E-state index is 0.274. The molecule has 1 aromatic rings. The molecule has 0 atom stereocenters. The predicted octanol–water partition coefficient (Wildman–Crippen LogP) is 1.89. The van der Waals surface area contributed by atoms with Gasteiger partial charge < -0.3 is 15.4 Å². The number of nitrogens with one attached hydrogen (secondary N) is 2. The number of rotatable bonds is 6. The molecular formula is C12H20N4OS. The van der Waals surface area contributed by atoms with E-state index in [-0.39, 0.29) is 6.10 Å². The van der Waals surface area contributed by atoms with Crippen molar-refractivity contribution in [3.05, 3.63) is 18.0 Å². The summed E-state index contributed by atoms with van der Waals surface area (Å²) >= 11 is 5.14. The average Bonchev–Trinajstić information content (AvgIpc) is 2.28. The van der Waals surface area contributed by atoms with Crippen LogP contribution >= 0.6 is 12.2 Å².